The van der Waals surface area contributed by atoms with Crippen LogP contribution in [-0.4, -0.2) is 39.5 Å². The van der Waals surface area contributed by atoms with Gasteiger partial charge in [-0.05, 0) is 31.5 Å². The van der Waals surface area contributed by atoms with Crippen LogP contribution in [-0.2, 0) is 16.1 Å². The summed E-state index contributed by atoms with van der Waals surface area (Å²) in [4.78, 5) is 25.4. The fourth-order valence-corrected chi connectivity index (χ4v) is 5.63. The number of anilines is 1. The van der Waals surface area contributed by atoms with E-state index in [9.17, 15) is 9.59 Å². The Morgan fingerprint density at radius 3 is 2.57 bits per heavy atom. The molecule has 192 valence electrons. The number of halogens is 1. The number of carbonyl (C=O) groups is 2. The summed E-state index contributed by atoms with van der Waals surface area (Å²) in [6, 6.07) is 16.7. The fourth-order valence-electron chi connectivity index (χ4n) is 3.67. The normalized spacial score (nSPS) is 11.7. The number of ether oxygens (including phenoxy) is 2. The predicted octanol–water partition coefficient (Wildman–Crippen LogP) is 6.34. The molecule has 0 saturated carbocycles. The first-order valence-corrected chi connectivity index (χ1v) is 13.7. The van der Waals surface area contributed by atoms with Gasteiger partial charge >= 0.3 is 5.97 Å². The zero-order chi connectivity index (χ0) is 26.4. The van der Waals surface area contributed by atoms with Gasteiger partial charge in [-0.3, -0.25) is 4.79 Å². The molecule has 37 heavy (non-hydrogen) atoms. The van der Waals surface area contributed by atoms with E-state index in [1.54, 1.807) is 12.1 Å². The maximum Gasteiger partial charge on any atom is 0.341 e. The van der Waals surface area contributed by atoms with Gasteiger partial charge in [0.05, 0.1) is 17.9 Å². The molecule has 0 radical (unpaired) electrons. The molecule has 2 heterocycles. The number of hydrogen-bond donors (Lipinski definition) is 1. The molecule has 1 atom stereocenters. The lowest BCUT2D eigenvalue weighted by Crippen LogP contribution is -2.17. The van der Waals surface area contributed by atoms with Crippen molar-refractivity contribution in [3.8, 4) is 16.9 Å². The van der Waals surface area contributed by atoms with Crippen molar-refractivity contribution in [3.05, 3.63) is 76.4 Å². The first-order valence-electron chi connectivity index (χ1n) is 11.4. The third-order valence-corrected chi connectivity index (χ3v) is 7.59. The number of benzene rings is 2. The molecule has 4 rings (SSSR count). The Balaban J connectivity index is 1.45. The fraction of sp³-hybridized carbons (Fsp3) is 0.231. The molecule has 0 spiro atoms. The monoisotopic (exact) mass is 556 g/mol. The molecule has 0 aliphatic carbocycles. The molecule has 2 aromatic heterocycles. The number of thiophene rings is 1. The third-order valence-electron chi connectivity index (χ3n) is 5.42. The second-order valence-corrected chi connectivity index (χ2v) is 10.1. The quantitative estimate of drug-likeness (QED) is 0.180. The summed E-state index contributed by atoms with van der Waals surface area (Å²) in [6.45, 7) is 4.44. The maximum absolute atomic E-state index is 12.8. The van der Waals surface area contributed by atoms with Crippen LogP contribution in [0.15, 0.2) is 65.1 Å². The molecule has 1 N–H and O–H groups in total. The summed E-state index contributed by atoms with van der Waals surface area (Å²) in [5.74, 6) is 0.485. The first kappa shape index (κ1) is 26.7. The predicted molar refractivity (Wildman–Crippen MR) is 147 cm³/mol. The molecule has 0 saturated heterocycles. The highest BCUT2D eigenvalue weighted by Crippen LogP contribution is 2.36. The van der Waals surface area contributed by atoms with Crippen LogP contribution < -0.4 is 10.1 Å². The van der Waals surface area contributed by atoms with Crippen molar-refractivity contribution in [2.75, 3.05) is 18.2 Å². The summed E-state index contributed by atoms with van der Waals surface area (Å²) < 4.78 is 12.9. The van der Waals surface area contributed by atoms with E-state index in [0.717, 1.165) is 5.56 Å². The summed E-state index contributed by atoms with van der Waals surface area (Å²) in [5.41, 5.74) is 1.91. The standard InChI is InChI=1S/C26H25ClN4O4S2/c1-4-31-23(16(2)35-20-13-9-8-12-19(20)27)29-30-26(31)37-15-21(32)28-24-22(25(33)34-3)18(14-36-24)17-10-6-5-7-11-17/h5-14,16H,4,15H2,1-3H3,(H,28,32). The van der Waals surface area contributed by atoms with Crippen LogP contribution in [0.2, 0.25) is 5.02 Å². The summed E-state index contributed by atoms with van der Waals surface area (Å²) >= 11 is 8.75. The Hall–Kier alpha value is -3.34. The van der Waals surface area contributed by atoms with E-state index < -0.39 is 12.1 Å². The highest BCUT2D eigenvalue weighted by Gasteiger charge is 2.23. The highest BCUT2D eigenvalue weighted by molar-refractivity contribution is 7.99. The van der Waals surface area contributed by atoms with Crippen molar-refractivity contribution < 1.29 is 19.1 Å². The molecular formula is C26H25ClN4O4S2. The van der Waals surface area contributed by atoms with Crippen LogP contribution in [0, 0.1) is 0 Å². The molecule has 1 unspecified atom stereocenters. The largest absolute Gasteiger partial charge is 0.481 e. The van der Waals surface area contributed by atoms with Gasteiger partial charge in [-0.25, -0.2) is 4.79 Å². The number of carbonyl (C=O) groups excluding carboxylic acids is 2. The molecule has 2 aromatic carbocycles. The number of hydrogen-bond acceptors (Lipinski definition) is 8. The lowest BCUT2D eigenvalue weighted by atomic mass is 10.0. The smallest absolute Gasteiger partial charge is 0.341 e. The summed E-state index contributed by atoms with van der Waals surface area (Å²) in [6.07, 6.45) is -0.402. The molecule has 0 aliphatic rings. The Morgan fingerprint density at radius 2 is 1.86 bits per heavy atom. The number of para-hydroxylation sites is 1. The van der Waals surface area contributed by atoms with Gasteiger partial charge < -0.3 is 19.4 Å². The Kier molecular flexibility index (Phi) is 8.86. The van der Waals surface area contributed by atoms with Gasteiger partial charge in [-0.15, -0.1) is 21.5 Å². The van der Waals surface area contributed by atoms with E-state index in [0.29, 0.717) is 44.4 Å². The van der Waals surface area contributed by atoms with Crippen LogP contribution in [0.5, 0.6) is 5.75 Å². The van der Waals surface area contributed by atoms with Crippen molar-refractivity contribution in [1.82, 2.24) is 14.8 Å². The number of aromatic nitrogens is 3. The van der Waals surface area contributed by atoms with E-state index >= 15 is 0 Å². The average Bonchev–Trinajstić information content (AvgIpc) is 3.52. The number of nitrogens with zero attached hydrogens (tertiary/aromatic N) is 3. The summed E-state index contributed by atoms with van der Waals surface area (Å²) in [5, 5.41) is 14.8. The number of nitrogens with one attached hydrogen (secondary N) is 1. The number of esters is 1. The molecule has 8 nitrogen and oxygen atoms in total. The zero-order valence-corrected chi connectivity index (χ0v) is 22.8. The number of amides is 1. The second kappa shape index (κ2) is 12.3. The van der Waals surface area contributed by atoms with Crippen LogP contribution in [0.3, 0.4) is 0 Å². The van der Waals surface area contributed by atoms with Crippen LogP contribution in [0.25, 0.3) is 11.1 Å². The minimum atomic E-state index is -0.508. The molecule has 4 aromatic rings. The van der Waals surface area contributed by atoms with Crippen LogP contribution in [0.4, 0.5) is 5.00 Å². The van der Waals surface area contributed by atoms with Gasteiger partial charge in [0.2, 0.25) is 5.91 Å². The molecular weight excluding hydrogens is 532 g/mol. The third kappa shape index (κ3) is 6.15. The molecule has 0 bridgehead atoms. The highest BCUT2D eigenvalue weighted by atomic mass is 35.5. The van der Waals surface area contributed by atoms with Gasteiger partial charge in [0.25, 0.3) is 0 Å². The van der Waals surface area contributed by atoms with Gasteiger partial charge in [-0.1, -0.05) is 65.8 Å². The number of methoxy groups -OCH3 is 1. The average molecular weight is 557 g/mol. The Bertz CT molecular complexity index is 1390. The second-order valence-electron chi connectivity index (χ2n) is 7.82. The van der Waals surface area contributed by atoms with Gasteiger partial charge in [-0.2, -0.15) is 0 Å². The van der Waals surface area contributed by atoms with E-state index in [2.05, 4.69) is 15.5 Å². The van der Waals surface area contributed by atoms with Crippen molar-refractivity contribution in [2.24, 2.45) is 0 Å². The van der Waals surface area contributed by atoms with Crippen LogP contribution in [0.1, 0.15) is 36.1 Å². The van der Waals surface area contributed by atoms with Gasteiger partial charge in [0.15, 0.2) is 17.1 Å². The van der Waals surface area contributed by atoms with E-state index in [-0.39, 0.29) is 11.7 Å². The molecule has 0 aliphatic heterocycles. The van der Waals surface area contributed by atoms with Crippen LogP contribution >= 0.6 is 34.7 Å². The minimum Gasteiger partial charge on any atom is -0.481 e. The Labute approximate surface area is 228 Å². The minimum absolute atomic E-state index is 0.0804. The SMILES string of the molecule is CCn1c(SCC(=O)Nc2scc(-c3ccccc3)c2C(=O)OC)nnc1C(C)Oc1ccccc1Cl. The summed E-state index contributed by atoms with van der Waals surface area (Å²) in [7, 11) is 1.32. The van der Waals surface area contributed by atoms with E-state index in [4.69, 9.17) is 21.1 Å². The molecule has 1 amide bonds. The Morgan fingerprint density at radius 1 is 1.14 bits per heavy atom. The van der Waals surface area contributed by atoms with Crippen molar-refractivity contribution in [1.29, 1.82) is 0 Å². The first-order chi connectivity index (χ1) is 17.9. The van der Waals surface area contributed by atoms with Crippen molar-refractivity contribution in [2.45, 2.75) is 31.7 Å². The molecule has 0 fully saturated rings. The zero-order valence-electron chi connectivity index (χ0n) is 20.4. The van der Waals surface area contributed by atoms with Crippen molar-refractivity contribution in [3.63, 3.8) is 0 Å². The molecule has 11 heteroatoms. The number of rotatable bonds is 10. The lowest BCUT2D eigenvalue weighted by molar-refractivity contribution is -0.113. The van der Waals surface area contributed by atoms with Gasteiger partial charge in [0.1, 0.15) is 16.3 Å². The van der Waals surface area contributed by atoms with E-state index in [1.165, 1.54) is 30.2 Å². The maximum atomic E-state index is 12.8. The lowest BCUT2D eigenvalue weighted by Gasteiger charge is -2.16. The topological polar surface area (TPSA) is 95.3 Å². The van der Waals surface area contributed by atoms with Crippen molar-refractivity contribution >= 4 is 51.6 Å². The van der Waals surface area contributed by atoms with E-state index in [1.807, 2.05) is 66.3 Å². The van der Waals surface area contributed by atoms with Gasteiger partial charge in [0, 0.05) is 17.5 Å². The number of thioether (sulfide) groups is 1.